The molecule has 146 valence electrons. The first-order valence-electron chi connectivity index (χ1n) is 9.75. The minimum atomic E-state index is -0.845. The van der Waals surface area contributed by atoms with Gasteiger partial charge < -0.3 is 10.0 Å². The molecule has 3 atom stereocenters. The van der Waals surface area contributed by atoms with Gasteiger partial charge in [-0.3, -0.25) is 0 Å². The van der Waals surface area contributed by atoms with Crippen molar-refractivity contribution >= 4 is 23.2 Å². The number of nitrogens with zero attached hydrogens (tertiary/aromatic N) is 1. The average Bonchev–Trinajstić information content (AvgIpc) is 2.65. The molecule has 27 heavy (non-hydrogen) atoms. The average molecular weight is 406 g/mol. The van der Waals surface area contributed by atoms with Crippen molar-refractivity contribution in [3.63, 3.8) is 0 Å². The Morgan fingerprint density at radius 1 is 1.07 bits per heavy atom. The molecule has 0 aliphatic heterocycles. The number of halogens is 2. The zero-order valence-electron chi connectivity index (χ0n) is 16.2. The molecule has 2 aromatic carbocycles. The van der Waals surface area contributed by atoms with Crippen molar-refractivity contribution in [2.45, 2.75) is 37.7 Å². The topological polar surface area (TPSA) is 23.5 Å². The predicted molar refractivity (Wildman–Crippen MR) is 115 cm³/mol. The van der Waals surface area contributed by atoms with Crippen molar-refractivity contribution < 1.29 is 5.11 Å². The Kier molecular flexibility index (Phi) is 6.86. The molecule has 1 N–H and O–H groups in total. The first-order chi connectivity index (χ1) is 12.9. The third kappa shape index (κ3) is 5.06. The molecule has 0 spiro atoms. The minimum Gasteiger partial charge on any atom is -0.385 e. The van der Waals surface area contributed by atoms with Crippen LogP contribution in [-0.2, 0) is 12.0 Å². The summed E-state index contributed by atoms with van der Waals surface area (Å²) in [5, 5.41) is 12.7. The molecule has 0 radical (unpaired) electrons. The van der Waals surface area contributed by atoms with Gasteiger partial charge in [0.25, 0.3) is 0 Å². The lowest BCUT2D eigenvalue weighted by Gasteiger charge is -2.45. The summed E-state index contributed by atoms with van der Waals surface area (Å²) < 4.78 is 0. The summed E-state index contributed by atoms with van der Waals surface area (Å²) in [7, 11) is 4.14. The molecule has 1 saturated carbocycles. The fourth-order valence-corrected chi connectivity index (χ4v) is 4.73. The van der Waals surface area contributed by atoms with Crippen LogP contribution in [0.3, 0.4) is 0 Å². The third-order valence-electron chi connectivity index (χ3n) is 5.92. The van der Waals surface area contributed by atoms with Crippen LogP contribution in [0, 0.1) is 11.8 Å². The Bertz CT molecular complexity index is 749. The SMILES string of the molecule is CN(C)CC1CC(CCc2ccccc2)CCC1(O)c1ccc(Cl)c(Cl)c1. The van der Waals surface area contributed by atoms with Gasteiger partial charge in [0.1, 0.15) is 0 Å². The number of aliphatic hydroxyl groups is 1. The molecule has 0 bridgehead atoms. The molecule has 4 heteroatoms. The van der Waals surface area contributed by atoms with E-state index in [1.165, 1.54) is 12.0 Å². The van der Waals surface area contributed by atoms with E-state index in [4.69, 9.17) is 23.2 Å². The van der Waals surface area contributed by atoms with Gasteiger partial charge in [-0.2, -0.15) is 0 Å². The van der Waals surface area contributed by atoms with Gasteiger partial charge in [-0.05, 0) is 75.4 Å². The van der Waals surface area contributed by atoms with Gasteiger partial charge in [-0.25, -0.2) is 0 Å². The lowest BCUT2D eigenvalue weighted by molar-refractivity contribution is -0.0760. The summed E-state index contributed by atoms with van der Waals surface area (Å²) in [6.45, 7) is 0.860. The van der Waals surface area contributed by atoms with Crippen LogP contribution < -0.4 is 0 Å². The molecule has 3 rings (SSSR count). The Hall–Kier alpha value is -1.06. The summed E-state index contributed by atoms with van der Waals surface area (Å²) in [6, 6.07) is 16.2. The lowest BCUT2D eigenvalue weighted by Crippen LogP contribution is -2.45. The molecular weight excluding hydrogens is 377 g/mol. The largest absolute Gasteiger partial charge is 0.385 e. The lowest BCUT2D eigenvalue weighted by atomic mass is 9.66. The first kappa shape index (κ1) is 20.7. The number of rotatable bonds is 6. The van der Waals surface area contributed by atoms with Crippen molar-refractivity contribution in [1.82, 2.24) is 4.90 Å². The maximum absolute atomic E-state index is 11.6. The zero-order chi connectivity index (χ0) is 19.4. The second-order valence-corrected chi connectivity index (χ2v) is 8.99. The standard InChI is InChI=1S/C23H29Cl2NO/c1-26(2)16-20-14-18(9-8-17-6-4-3-5-7-17)12-13-23(20,27)19-10-11-21(24)22(25)15-19/h3-7,10-11,15,18,20,27H,8-9,12-14,16H2,1-2H3. The molecular formula is C23H29Cl2NO. The van der Waals surface area contributed by atoms with Crippen molar-refractivity contribution in [1.29, 1.82) is 0 Å². The van der Waals surface area contributed by atoms with Crippen LogP contribution in [0.1, 0.15) is 36.8 Å². The van der Waals surface area contributed by atoms with Crippen molar-refractivity contribution in [2.24, 2.45) is 11.8 Å². The van der Waals surface area contributed by atoms with Crippen LogP contribution in [0.15, 0.2) is 48.5 Å². The van der Waals surface area contributed by atoms with Gasteiger partial charge in [0.15, 0.2) is 0 Å². The second-order valence-electron chi connectivity index (χ2n) is 8.18. The normalized spacial score (nSPS) is 25.7. The molecule has 0 aromatic heterocycles. The van der Waals surface area contributed by atoms with Crippen molar-refractivity contribution in [2.75, 3.05) is 20.6 Å². The van der Waals surface area contributed by atoms with Crippen LogP contribution >= 0.6 is 23.2 Å². The minimum absolute atomic E-state index is 0.180. The highest BCUT2D eigenvalue weighted by Crippen LogP contribution is 2.46. The third-order valence-corrected chi connectivity index (χ3v) is 6.66. The number of benzene rings is 2. The number of hydrogen-bond acceptors (Lipinski definition) is 2. The van der Waals surface area contributed by atoms with Crippen LogP contribution in [-0.4, -0.2) is 30.6 Å². The number of hydrogen-bond donors (Lipinski definition) is 1. The molecule has 2 aromatic rings. The van der Waals surface area contributed by atoms with Gasteiger partial charge in [0, 0.05) is 12.5 Å². The van der Waals surface area contributed by atoms with Gasteiger partial charge in [0.2, 0.25) is 0 Å². The highest BCUT2D eigenvalue weighted by atomic mass is 35.5. The maximum Gasteiger partial charge on any atom is 0.0937 e. The van der Waals surface area contributed by atoms with Gasteiger partial charge in [-0.15, -0.1) is 0 Å². The summed E-state index contributed by atoms with van der Waals surface area (Å²) in [5.74, 6) is 0.817. The fourth-order valence-electron chi connectivity index (χ4n) is 4.43. The smallest absolute Gasteiger partial charge is 0.0937 e. The Balaban J connectivity index is 1.75. The van der Waals surface area contributed by atoms with Gasteiger partial charge in [0.05, 0.1) is 15.6 Å². The fraction of sp³-hybridized carbons (Fsp3) is 0.478. The van der Waals surface area contributed by atoms with Crippen LogP contribution in [0.5, 0.6) is 0 Å². The summed E-state index contributed by atoms with van der Waals surface area (Å²) in [5.41, 5.74) is 1.44. The van der Waals surface area contributed by atoms with E-state index in [0.717, 1.165) is 37.8 Å². The Labute approximate surface area is 173 Å². The van der Waals surface area contributed by atoms with E-state index >= 15 is 0 Å². The van der Waals surface area contributed by atoms with E-state index in [-0.39, 0.29) is 5.92 Å². The second kappa shape index (κ2) is 8.96. The predicted octanol–water partition coefficient (Wildman–Crippen LogP) is 5.79. The van der Waals surface area contributed by atoms with Crippen molar-refractivity contribution in [3.8, 4) is 0 Å². The molecule has 2 nitrogen and oxygen atoms in total. The Morgan fingerprint density at radius 3 is 2.48 bits per heavy atom. The molecule has 3 unspecified atom stereocenters. The zero-order valence-corrected chi connectivity index (χ0v) is 17.7. The molecule has 0 heterocycles. The van der Waals surface area contributed by atoms with E-state index in [2.05, 4.69) is 49.3 Å². The van der Waals surface area contributed by atoms with Gasteiger partial charge in [-0.1, -0.05) is 59.6 Å². The van der Waals surface area contributed by atoms with E-state index in [0.29, 0.717) is 16.0 Å². The molecule has 0 amide bonds. The molecule has 0 saturated heterocycles. The van der Waals surface area contributed by atoms with E-state index in [9.17, 15) is 5.11 Å². The highest BCUT2D eigenvalue weighted by Gasteiger charge is 2.43. The van der Waals surface area contributed by atoms with E-state index < -0.39 is 5.60 Å². The summed E-state index contributed by atoms with van der Waals surface area (Å²) in [6.07, 6.45) is 5.11. The molecule has 1 fully saturated rings. The van der Waals surface area contributed by atoms with Crippen LogP contribution in [0.25, 0.3) is 0 Å². The highest BCUT2D eigenvalue weighted by molar-refractivity contribution is 6.42. The number of aryl methyl sites for hydroxylation is 1. The van der Waals surface area contributed by atoms with Crippen molar-refractivity contribution in [3.05, 3.63) is 69.7 Å². The van der Waals surface area contributed by atoms with Crippen LogP contribution in [0.4, 0.5) is 0 Å². The molecule has 1 aliphatic rings. The molecule has 1 aliphatic carbocycles. The van der Waals surface area contributed by atoms with E-state index in [1.807, 2.05) is 12.1 Å². The van der Waals surface area contributed by atoms with Gasteiger partial charge >= 0.3 is 0 Å². The Morgan fingerprint density at radius 2 is 1.81 bits per heavy atom. The monoisotopic (exact) mass is 405 g/mol. The summed E-state index contributed by atoms with van der Waals surface area (Å²) >= 11 is 12.3. The van der Waals surface area contributed by atoms with Crippen LogP contribution in [0.2, 0.25) is 10.0 Å². The van der Waals surface area contributed by atoms with E-state index in [1.54, 1.807) is 6.07 Å². The first-order valence-corrected chi connectivity index (χ1v) is 10.5. The maximum atomic E-state index is 11.6. The quantitative estimate of drug-likeness (QED) is 0.656. The summed E-state index contributed by atoms with van der Waals surface area (Å²) in [4.78, 5) is 2.17.